The highest BCUT2D eigenvalue weighted by Crippen LogP contribution is 2.39. The number of carbonyl (C=O) groups is 4. The number of ether oxygens (including phenoxy) is 2. The minimum Gasteiger partial charge on any atom is -0.460 e. The fourth-order valence-electron chi connectivity index (χ4n) is 3.68. The summed E-state index contributed by atoms with van der Waals surface area (Å²) in [5.74, 6) is -2.07. The highest BCUT2D eigenvalue weighted by atomic mass is 35.6. The zero-order valence-electron chi connectivity index (χ0n) is 19.6. The molecule has 3 rings (SSSR count). The number of nitrogens with one attached hydrogen (secondary N) is 2. The van der Waals surface area contributed by atoms with Gasteiger partial charge in [0.25, 0.3) is 0 Å². The van der Waals surface area contributed by atoms with Crippen molar-refractivity contribution in [2.75, 3.05) is 12.4 Å². The van der Waals surface area contributed by atoms with E-state index >= 15 is 0 Å². The van der Waals surface area contributed by atoms with Gasteiger partial charge in [0, 0.05) is 5.75 Å². The smallest absolute Gasteiger partial charge is 0.408 e. The van der Waals surface area contributed by atoms with Gasteiger partial charge in [-0.15, -0.1) is 11.8 Å². The molecule has 0 aromatic heterocycles. The van der Waals surface area contributed by atoms with Gasteiger partial charge in [0.15, 0.2) is 6.04 Å². The Morgan fingerprint density at radius 2 is 1.83 bits per heavy atom. The molecule has 0 spiro atoms. The molecule has 0 aliphatic carbocycles. The Bertz CT molecular complexity index is 1000. The molecule has 10 nitrogen and oxygen atoms in total. The number of rotatable bonds is 6. The first-order chi connectivity index (χ1) is 16.7. The largest absolute Gasteiger partial charge is 0.460 e. The fraction of sp³-hybridized carbons (Fsp3) is 0.545. The van der Waals surface area contributed by atoms with Crippen molar-refractivity contribution in [1.29, 1.82) is 0 Å². The van der Waals surface area contributed by atoms with Crippen molar-refractivity contribution >= 4 is 70.4 Å². The topological polar surface area (TPSA) is 134 Å². The van der Waals surface area contributed by atoms with Crippen LogP contribution in [-0.2, 0) is 23.9 Å². The average Bonchev–Trinajstić information content (AvgIpc) is 2.78. The number of halogens is 3. The molecule has 0 saturated carbocycles. The number of esters is 1. The third-order valence-electron chi connectivity index (χ3n) is 5.16. The Kier molecular flexibility index (Phi) is 8.93. The summed E-state index contributed by atoms with van der Waals surface area (Å²) in [5, 5.41) is 14.9. The molecule has 14 heteroatoms. The lowest BCUT2D eigenvalue weighted by Gasteiger charge is -2.53. The molecule has 2 fully saturated rings. The standard InChI is InChI=1S/C22H26Cl3N3O7S/c1-21(2,3)35-20(33)27-13(11-7-5-4-6-8-11)16(30)26-14-17(31)28-15(12(29)9-36-18(14)28)19(32)34-10-22(23,24)25/h4-8,12-15,18,29H,9-10H2,1-3H3,(H,26,30)(H,27,33)/t12?,13-,14-,15?,18-/m1/s1. The molecule has 3 N–H and O–H groups in total. The van der Waals surface area contributed by atoms with E-state index in [0.717, 1.165) is 4.90 Å². The van der Waals surface area contributed by atoms with Gasteiger partial charge in [-0.1, -0.05) is 65.1 Å². The number of thioether (sulfide) groups is 1. The van der Waals surface area contributed by atoms with Gasteiger partial charge in [0.2, 0.25) is 15.6 Å². The Labute approximate surface area is 227 Å². The first-order valence-electron chi connectivity index (χ1n) is 10.9. The SMILES string of the molecule is CC(C)(C)OC(=O)N[C@@H](C(=O)N[C@@H]1C(=O)N2C(C(=O)OCC(Cl)(Cl)Cl)C(O)CS[C@H]12)c1ccccc1. The van der Waals surface area contributed by atoms with Crippen molar-refractivity contribution in [3.8, 4) is 0 Å². The van der Waals surface area contributed by atoms with E-state index in [-0.39, 0.29) is 5.75 Å². The minimum absolute atomic E-state index is 0.104. The monoisotopic (exact) mass is 581 g/mol. The van der Waals surface area contributed by atoms with Gasteiger partial charge in [-0.3, -0.25) is 9.59 Å². The quantitative estimate of drug-likeness (QED) is 0.264. The molecule has 2 heterocycles. The van der Waals surface area contributed by atoms with Crippen molar-refractivity contribution in [2.24, 2.45) is 0 Å². The molecule has 36 heavy (non-hydrogen) atoms. The van der Waals surface area contributed by atoms with Crippen LogP contribution in [0.2, 0.25) is 0 Å². The highest BCUT2D eigenvalue weighted by Gasteiger charge is 2.58. The molecular formula is C22H26Cl3N3O7S. The van der Waals surface area contributed by atoms with Crippen LogP contribution in [0.5, 0.6) is 0 Å². The van der Waals surface area contributed by atoms with E-state index in [1.165, 1.54) is 11.8 Å². The number of alkyl halides is 3. The Morgan fingerprint density at radius 3 is 2.42 bits per heavy atom. The molecular weight excluding hydrogens is 557 g/mol. The summed E-state index contributed by atoms with van der Waals surface area (Å²) < 4.78 is 8.39. The van der Waals surface area contributed by atoms with Gasteiger partial charge in [-0.05, 0) is 26.3 Å². The lowest BCUT2D eigenvalue weighted by atomic mass is 9.98. The third kappa shape index (κ3) is 7.10. The van der Waals surface area contributed by atoms with Crippen LogP contribution >= 0.6 is 46.6 Å². The Balaban J connectivity index is 1.72. The first-order valence-corrected chi connectivity index (χ1v) is 13.1. The van der Waals surface area contributed by atoms with E-state index in [9.17, 15) is 24.3 Å². The van der Waals surface area contributed by atoms with Crippen LogP contribution in [0.15, 0.2) is 30.3 Å². The summed E-state index contributed by atoms with van der Waals surface area (Å²) >= 11 is 18.0. The van der Waals surface area contributed by atoms with Gasteiger partial charge >= 0.3 is 12.1 Å². The van der Waals surface area contributed by atoms with Crippen molar-refractivity contribution in [3.63, 3.8) is 0 Å². The molecule has 2 saturated heterocycles. The number of benzene rings is 1. The normalized spacial score (nSPS) is 24.6. The number of hydrogen-bond acceptors (Lipinski definition) is 8. The van der Waals surface area contributed by atoms with Gasteiger partial charge in [0.05, 0.1) is 6.10 Å². The highest BCUT2D eigenvalue weighted by molar-refractivity contribution is 8.00. The van der Waals surface area contributed by atoms with Crippen molar-refractivity contribution in [2.45, 2.75) is 59.8 Å². The summed E-state index contributed by atoms with van der Waals surface area (Å²) in [6.07, 6.45) is -2.01. The number of hydrogen-bond donors (Lipinski definition) is 3. The van der Waals surface area contributed by atoms with Gasteiger partial charge < -0.3 is 30.1 Å². The second-order valence-corrected chi connectivity index (χ2v) is 12.8. The van der Waals surface area contributed by atoms with Crippen LogP contribution in [0.1, 0.15) is 32.4 Å². The van der Waals surface area contributed by atoms with E-state index in [1.807, 2.05) is 0 Å². The fourth-order valence-corrected chi connectivity index (χ4v) is 5.19. The van der Waals surface area contributed by atoms with E-state index in [2.05, 4.69) is 10.6 Å². The molecule has 5 atom stereocenters. The zero-order valence-corrected chi connectivity index (χ0v) is 22.7. The summed E-state index contributed by atoms with van der Waals surface area (Å²) in [6.45, 7) is 4.51. The maximum Gasteiger partial charge on any atom is 0.408 e. The zero-order chi connectivity index (χ0) is 26.8. The molecule has 2 aliphatic rings. The number of amides is 3. The predicted molar refractivity (Wildman–Crippen MR) is 135 cm³/mol. The number of β-lactam (4-membered cyclic amide) rings is 1. The van der Waals surface area contributed by atoms with Gasteiger partial charge in [-0.25, -0.2) is 9.59 Å². The van der Waals surface area contributed by atoms with E-state index in [0.29, 0.717) is 5.56 Å². The number of aliphatic hydroxyl groups is 1. The van der Waals surface area contributed by atoms with Crippen LogP contribution < -0.4 is 10.6 Å². The van der Waals surface area contributed by atoms with Crippen LogP contribution in [0.4, 0.5) is 4.79 Å². The average molecular weight is 583 g/mol. The molecule has 2 aliphatic heterocycles. The lowest BCUT2D eigenvalue weighted by molar-refractivity contribution is -0.171. The first kappa shape index (κ1) is 28.6. The molecule has 0 bridgehead atoms. The van der Waals surface area contributed by atoms with Gasteiger partial charge in [0.1, 0.15) is 29.7 Å². The number of aliphatic hydroxyl groups excluding tert-OH is 1. The Hall–Kier alpha value is -1.92. The van der Waals surface area contributed by atoms with Gasteiger partial charge in [-0.2, -0.15) is 0 Å². The van der Waals surface area contributed by atoms with Crippen molar-refractivity contribution in [1.82, 2.24) is 15.5 Å². The lowest BCUT2D eigenvalue weighted by Crippen LogP contribution is -2.77. The molecule has 2 unspecified atom stereocenters. The summed E-state index contributed by atoms with van der Waals surface area (Å²) in [4.78, 5) is 52.2. The van der Waals surface area contributed by atoms with Crippen molar-refractivity contribution in [3.05, 3.63) is 35.9 Å². The van der Waals surface area contributed by atoms with Crippen molar-refractivity contribution < 1.29 is 33.8 Å². The van der Waals surface area contributed by atoms with Crippen LogP contribution in [0.25, 0.3) is 0 Å². The molecule has 198 valence electrons. The Morgan fingerprint density at radius 1 is 1.19 bits per heavy atom. The minimum atomic E-state index is -1.85. The molecule has 1 aromatic rings. The number of nitrogens with zero attached hydrogens (tertiary/aromatic N) is 1. The van der Waals surface area contributed by atoms with Crippen LogP contribution in [0.3, 0.4) is 0 Å². The number of alkyl carbamates (subject to hydrolysis) is 1. The predicted octanol–water partition coefficient (Wildman–Crippen LogP) is 2.30. The van der Waals surface area contributed by atoms with E-state index < -0.39 is 69.5 Å². The van der Waals surface area contributed by atoms with Crippen LogP contribution in [-0.4, -0.2) is 79.2 Å². The maximum atomic E-state index is 13.2. The molecule has 0 radical (unpaired) electrons. The summed E-state index contributed by atoms with van der Waals surface area (Å²) in [6, 6.07) is 5.01. The second kappa shape index (κ2) is 11.2. The van der Waals surface area contributed by atoms with Crippen LogP contribution in [0, 0.1) is 0 Å². The second-order valence-electron chi connectivity index (χ2n) is 9.18. The number of fused-ring (bicyclic) bond motifs is 1. The van der Waals surface area contributed by atoms with E-state index in [1.54, 1.807) is 51.1 Å². The molecule has 1 aromatic carbocycles. The summed E-state index contributed by atoms with van der Waals surface area (Å²) in [5.41, 5.74) is -0.310. The summed E-state index contributed by atoms with van der Waals surface area (Å²) in [7, 11) is 0. The molecule has 3 amide bonds. The number of carbonyl (C=O) groups excluding carboxylic acids is 4. The maximum absolute atomic E-state index is 13.2. The van der Waals surface area contributed by atoms with E-state index in [4.69, 9.17) is 44.3 Å². The third-order valence-corrected chi connectivity index (χ3v) is 6.86.